The molecule has 2 fully saturated rings. The summed E-state index contributed by atoms with van der Waals surface area (Å²) >= 11 is 0. The number of aryl methyl sites for hydroxylation is 2. The summed E-state index contributed by atoms with van der Waals surface area (Å²) in [6.45, 7) is 3.99. The molecule has 2 N–H and O–H groups in total. The summed E-state index contributed by atoms with van der Waals surface area (Å²) in [4.78, 5) is 24.6. The second kappa shape index (κ2) is 4.62. The highest BCUT2D eigenvalue weighted by Crippen LogP contribution is 2.47. The minimum atomic E-state index is -0.819. The Labute approximate surface area is 118 Å². The van der Waals surface area contributed by atoms with E-state index in [9.17, 15) is 9.59 Å². The highest BCUT2D eigenvalue weighted by atomic mass is 16.2. The molecular weight excluding hydrogens is 252 g/mol. The van der Waals surface area contributed by atoms with Gasteiger partial charge in [-0.3, -0.25) is 9.59 Å². The number of carbonyl (C=O) groups is 2. The molecule has 0 unspecified atom stereocenters. The van der Waals surface area contributed by atoms with Crippen molar-refractivity contribution in [2.24, 2.45) is 5.41 Å². The van der Waals surface area contributed by atoms with Crippen LogP contribution in [-0.2, 0) is 9.59 Å². The summed E-state index contributed by atoms with van der Waals surface area (Å²) in [5, 5.41) is 5.85. The van der Waals surface area contributed by atoms with Gasteiger partial charge in [0.1, 0.15) is 5.41 Å². The molecule has 4 nitrogen and oxygen atoms in total. The molecule has 0 aromatic heterocycles. The lowest BCUT2D eigenvalue weighted by Gasteiger charge is -2.15. The lowest BCUT2D eigenvalue weighted by molar-refractivity contribution is -0.134. The Bertz CT molecular complexity index is 552. The van der Waals surface area contributed by atoms with Gasteiger partial charge in [0.05, 0.1) is 0 Å². The Morgan fingerprint density at radius 3 is 2.15 bits per heavy atom. The van der Waals surface area contributed by atoms with Gasteiger partial charge in [-0.2, -0.15) is 0 Å². The molecule has 0 heterocycles. The molecule has 0 atom stereocenters. The van der Waals surface area contributed by atoms with Gasteiger partial charge in [0.25, 0.3) is 0 Å². The van der Waals surface area contributed by atoms with Crippen molar-refractivity contribution in [3.63, 3.8) is 0 Å². The molecule has 2 saturated carbocycles. The van der Waals surface area contributed by atoms with Crippen molar-refractivity contribution >= 4 is 17.5 Å². The molecule has 4 heteroatoms. The zero-order valence-electron chi connectivity index (χ0n) is 12.0. The molecule has 0 bridgehead atoms. The molecular formula is C16H20N2O2. The first-order valence-electron chi connectivity index (χ1n) is 7.20. The zero-order chi connectivity index (χ0) is 14.3. The molecule has 3 rings (SSSR count). The van der Waals surface area contributed by atoms with Crippen LogP contribution in [0.5, 0.6) is 0 Å². The Morgan fingerprint density at radius 1 is 1.05 bits per heavy atom. The normalized spacial score (nSPS) is 19.3. The van der Waals surface area contributed by atoms with E-state index in [2.05, 4.69) is 16.7 Å². The van der Waals surface area contributed by atoms with Crippen molar-refractivity contribution in [3.05, 3.63) is 29.3 Å². The van der Waals surface area contributed by atoms with Gasteiger partial charge in [0.2, 0.25) is 11.8 Å². The van der Waals surface area contributed by atoms with Gasteiger partial charge < -0.3 is 10.6 Å². The Hall–Kier alpha value is -1.84. The first-order chi connectivity index (χ1) is 9.49. The van der Waals surface area contributed by atoms with Crippen molar-refractivity contribution in [2.75, 3.05) is 5.32 Å². The third-order valence-corrected chi connectivity index (χ3v) is 4.01. The fourth-order valence-corrected chi connectivity index (χ4v) is 2.53. The van der Waals surface area contributed by atoms with Crippen LogP contribution >= 0.6 is 0 Å². The topological polar surface area (TPSA) is 58.2 Å². The predicted molar refractivity (Wildman–Crippen MR) is 77.4 cm³/mol. The first-order valence-corrected chi connectivity index (χ1v) is 7.20. The van der Waals surface area contributed by atoms with Crippen LogP contribution in [0.25, 0.3) is 0 Å². The molecule has 2 amide bonds. The minimum Gasteiger partial charge on any atom is -0.352 e. The maximum atomic E-state index is 12.4. The Kier molecular flexibility index (Phi) is 3.04. The standard InChI is InChI=1S/C16H20N2O2/c1-10-7-11(2)9-13(8-10)18-15(20)16(5-6-16)14(19)17-12-3-4-12/h7-9,12H,3-6H2,1-2H3,(H,17,19)(H,18,20). The Balaban J connectivity index is 1.70. The van der Waals surface area contributed by atoms with E-state index in [1.165, 1.54) is 0 Å². The SMILES string of the molecule is Cc1cc(C)cc(NC(=O)C2(C(=O)NC3CC3)CC2)c1. The molecule has 2 aliphatic carbocycles. The summed E-state index contributed by atoms with van der Waals surface area (Å²) in [6.07, 6.45) is 3.39. The van der Waals surface area contributed by atoms with Crippen molar-refractivity contribution < 1.29 is 9.59 Å². The molecule has 1 aromatic carbocycles. The van der Waals surface area contributed by atoms with Gasteiger partial charge in [-0.25, -0.2) is 0 Å². The van der Waals surface area contributed by atoms with Crippen LogP contribution in [0.2, 0.25) is 0 Å². The number of hydrogen-bond acceptors (Lipinski definition) is 2. The predicted octanol–water partition coefficient (Wildman–Crippen LogP) is 2.30. The summed E-state index contributed by atoms with van der Waals surface area (Å²) in [5.41, 5.74) is 2.17. The number of nitrogens with one attached hydrogen (secondary N) is 2. The van der Waals surface area contributed by atoms with Crippen LogP contribution in [0.1, 0.15) is 36.8 Å². The van der Waals surface area contributed by atoms with E-state index in [0.717, 1.165) is 29.7 Å². The van der Waals surface area contributed by atoms with Gasteiger partial charge in [0.15, 0.2) is 0 Å². The molecule has 2 aliphatic rings. The molecule has 0 aliphatic heterocycles. The van der Waals surface area contributed by atoms with Crippen molar-refractivity contribution in [2.45, 2.75) is 45.6 Å². The van der Waals surface area contributed by atoms with Crippen LogP contribution in [0.4, 0.5) is 5.69 Å². The summed E-state index contributed by atoms with van der Waals surface area (Å²) in [5.74, 6) is -0.262. The number of carbonyl (C=O) groups excluding carboxylic acids is 2. The van der Waals surface area contributed by atoms with Gasteiger partial charge in [-0.1, -0.05) is 6.07 Å². The number of benzene rings is 1. The minimum absolute atomic E-state index is 0.0955. The molecule has 0 spiro atoms. The molecule has 20 heavy (non-hydrogen) atoms. The van der Waals surface area contributed by atoms with E-state index >= 15 is 0 Å². The van der Waals surface area contributed by atoms with E-state index < -0.39 is 5.41 Å². The average Bonchev–Trinajstić information content (AvgIpc) is 3.22. The fourth-order valence-electron chi connectivity index (χ4n) is 2.53. The smallest absolute Gasteiger partial charge is 0.240 e. The van der Waals surface area contributed by atoms with E-state index in [4.69, 9.17) is 0 Å². The summed E-state index contributed by atoms with van der Waals surface area (Å²) in [7, 11) is 0. The van der Waals surface area contributed by atoms with E-state index in [1.807, 2.05) is 26.0 Å². The van der Waals surface area contributed by atoms with E-state index in [0.29, 0.717) is 18.9 Å². The maximum Gasteiger partial charge on any atom is 0.240 e. The van der Waals surface area contributed by atoms with Gasteiger partial charge >= 0.3 is 0 Å². The van der Waals surface area contributed by atoms with E-state index in [-0.39, 0.29) is 11.8 Å². The second-order valence-corrected chi connectivity index (χ2v) is 6.16. The van der Waals surface area contributed by atoms with Gasteiger partial charge in [0, 0.05) is 11.7 Å². The summed E-state index contributed by atoms with van der Waals surface area (Å²) in [6, 6.07) is 6.22. The summed E-state index contributed by atoms with van der Waals surface area (Å²) < 4.78 is 0. The second-order valence-electron chi connectivity index (χ2n) is 6.16. The van der Waals surface area contributed by atoms with Crippen LogP contribution in [-0.4, -0.2) is 17.9 Å². The van der Waals surface area contributed by atoms with Crippen molar-refractivity contribution in [1.82, 2.24) is 5.32 Å². The zero-order valence-corrected chi connectivity index (χ0v) is 12.0. The number of anilines is 1. The van der Waals surface area contributed by atoms with Gasteiger partial charge in [-0.15, -0.1) is 0 Å². The molecule has 0 radical (unpaired) electrons. The lowest BCUT2D eigenvalue weighted by atomic mass is 10.0. The van der Waals surface area contributed by atoms with E-state index in [1.54, 1.807) is 0 Å². The third-order valence-electron chi connectivity index (χ3n) is 4.01. The number of amides is 2. The van der Waals surface area contributed by atoms with Crippen LogP contribution in [0, 0.1) is 19.3 Å². The van der Waals surface area contributed by atoms with Crippen molar-refractivity contribution in [3.8, 4) is 0 Å². The molecule has 0 saturated heterocycles. The van der Waals surface area contributed by atoms with Crippen molar-refractivity contribution in [1.29, 1.82) is 0 Å². The molecule has 106 valence electrons. The highest BCUT2D eigenvalue weighted by Gasteiger charge is 2.57. The monoisotopic (exact) mass is 272 g/mol. The van der Waals surface area contributed by atoms with Crippen LogP contribution in [0.15, 0.2) is 18.2 Å². The van der Waals surface area contributed by atoms with Crippen LogP contribution in [0.3, 0.4) is 0 Å². The largest absolute Gasteiger partial charge is 0.352 e. The van der Waals surface area contributed by atoms with Crippen LogP contribution < -0.4 is 10.6 Å². The Morgan fingerprint density at radius 2 is 1.65 bits per heavy atom. The fraction of sp³-hybridized carbons (Fsp3) is 0.500. The third kappa shape index (κ3) is 2.55. The number of rotatable bonds is 4. The quantitative estimate of drug-likeness (QED) is 0.826. The highest BCUT2D eigenvalue weighted by molar-refractivity contribution is 6.13. The first kappa shape index (κ1) is 13.2. The average molecular weight is 272 g/mol. The maximum absolute atomic E-state index is 12.4. The number of hydrogen-bond donors (Lipinski definition) is 2. The lowest BCUT2D eigenvalue weighted by Crippen LogP contribution is -2.40. The van der Waals surface area contributed by atoms with Gasteiger partial charge in [-0.05, 0) is 62.8 Å². The molecule has 1 aromatic rings.